The van der Waals surface area contributed by atoms with Crippen LogP contribution in [-0.2, 0) is 11.3 Å². The van der Waals surface area contributed by atoms with Crippen LogP contribution in [0, 0.1) is 5.92 Å². The zero-order valence-electron chi connectivity index (χ0n) is 13.0. The second-order valence-corrected chi connectivity index (χ2v) is 5.71. The lowest BCUT2D eigenvalue weighted by atomic mass is 10.0. The molecule has 116 valence electrons. The molecule has 5 heteroatoms. The molecule has 1 aliphatic heterocycles. The molecule has 2 N–H and O–H groups in total. The third-order valence-electron chi connectivity index (χ3n) is 3.81. The van der Waals surface area contributed by atoms with Crippen LogP contribution in [0.4, 0.5) is 0 Å². The maximum Gasteiger partial charge on any atom is 0.231 e. The average Bonchev–Trinajstić information content (AvgIpc) is 2.91. The summed E-state index contributed by atoms with van der Waals surface area (Å²) in [4.78, 5) is 14.1. The number of hydrogen-bond acceptors (Lipinski definition) is 4. The van der Waals surface area contributed by atoms with E-state index >= 15 is 0 Å². The Kier molecular flexibility index (Phi) is 5.07. The second-order valence-electron chi connectivity index (χ2n) is 5.71. The van der Waals surface area contributed by atoms with E-state index in [1.165, 1.54) is 0 Å². The molecule has 0 bridgehead atoms. The lowest BCUT2D eigenvalue weighted by Gasteiger charge is -2.24. The number of hydrogen-bond donors (Lipinski definition) is 1. The van der Waals surface area contributed by atoms with E-state index in [-0.39, 0.29) is 18.7 Å². The molecule has 1 unspecified atom stereocenters. The molecule has 0 radical (unpaired) electrons. The summed E-state index contributed by atoms with van der Waals surface area (Å²) < 4.78 is 10.7. The van der Waals surface area contributed by atoms with Gasteiger partial charge in [0.25, 0.3) is 0 Å². The Balaban J connectivity index is 2.00. The number of ether oxygens (including phenoxy) is 2. The third kappa shape index (κ3) is 3.88. The highest BCUT2D eigenvalue weighted by Crippen LogP contribution is 2.32. The summed E-state index contributed by atoms with van der Waals surface area (Å²) in [5, 5.41) is 0. The number of nitrogens with two attached hydrogens (primary N) is 1. The number of rotatable bonds is 6. The van der Waals surface area contributed by atoms with Crippen LogP contribution in [0.15, 0.2) is 18.2 Å². The summed E-state index contributed by atoms with van der Waals surface area (Å²) in [6.07, 6.45) is 0.385. The van der Waals surface area contributed by atoms with Crippen molar-refractivity contribution in [3.63, 3.8) is 0 Å². The van der Waals surface area contributed by atoms with Gasteiger partial charge < -0.3 is 20.1 Å². The number of benzene rings is 1. The van der Waals surface area contributed by atoms with Crippen LogP contribution < -0.4 is 15.2 Å². The first kappa shape index (κ1) is 15.6. The van der Waals surface area contributed by atoms with Crippen LogP contribution in [0.3, 0.4) is 0 Å². The number of amides is 1. The largest absolute Gasteiger partial charge is 0.454 e. The maximum absolute atomic E-state index is 12.3. The van der Waals surface area contributed by atoms with Crippen LogP contribution in [-0.4, -0.2) is 30.2 Å². The van der Waals surface area contributed by atoms with Gasteiger partial charge in [-0.25, -0.2) is 0 Å². The maximum atomic E-state index is 12.3. The van der Waals surface area contributed by atoms with E-state index in [0.717, 1.165) is 17.1 Å². The van der Waals surface area contributed by atoms with Crippen LogP contribution >= 0.6 is 0 Å². The van der Waals surface area contributed by atoms with Crippen molar-refractivity contribution in [3.05, 3.63) is 23.8 Å². The summed E-state index contributed by atoms with van der Waals surface area (Å²) in [6, 6.07) is 5.69. The first-order valence-electron chi connectivity index (χ1n) is 7.43. The predicted molar refractivity (Wildman–Crippen MR) is 81.1 cm³/mol. The molecule has 1 heterocycles. The first-order chi connectivity index (χ1) is 10.0. The number of carbonyl (C=O) groups excluding carboxylic acids is 1. The first-order valence-corrected chi connectivity index (χ1v) is 7.43. The zero-order chi connectivity index (χ0) is 15.4. The van der Waals surface area contributed by atoms with Gasteiger partial charge in [-0.2, -0.15) is 0 Å². The van der Waals surface area contributed by atoms with Crippen LogP contribution in [0.1, 0.15) is 32.8 Å². The molecule has 0 saturated heterocycles. The molecular formula is C16H24N2O3. The molecule has 1 aromatic carbocycles. The van der Waals surface area contributed by atoms with E-state index in [1.807, 2.05) is 43.9 Å². The third-order valence-corrected chi connectivity index (χ3v) is 3.81. The Labute approximate surface area is 126 Å². The molecule has 0 aliphatic carbocycles. The van der Waals surface area contributed by atoms with Gasteiger partial charge >= 0.3 is 0 Å². The Bertz CT molecular complexity index is 502. The lowest BCUT2D eigenvalue weighted by molar-refractivity contribution is -0.132. The van der Waals surface area contributed by atoms with Crippen molar-refractivity contribution >= 4 is 5.91 Å². The van der Waals surface area contributed by atoms with Crippen molar-refractivity contribution < 1.29 is 14.3 Å². The van der Waals surface area contributed by atoms with Crippen molar-refractivity contribution in [2.45, 2.75) is 39.8 Å². The quantitative estimate of drug-likeness (QED) is 0.872. The van der Waals surface area contributed by atoms with E-state index < -0.39 is 0 Å². The van der Waals surface area contributed by atoms with Crippen LogP contribution in [0.25, 0.3) is 0 Å². The van der Waals surface area contributed by atoms with Crippen LogP contribution in [0.2, 0.25) is 0 Å². The highest BCUT2D eigenvalue weighted by atomic mass is 16.7. The fourth-order valence-corrected chi connectivity index (χ4v) is 2.20. The Morgan fingerprint density at radius 1 is 1.33 bits per heavy atom. The van der Waals surface area contributed by atoms with E-state index in [1.54, 1.807) is 0 Å². The number of fused-ring (bicyclic) bond motifs is 1. The van der Waals surface area contributed by atoms with Gasteiger partial charge in [-0.1, -0.05) is 19.9 Å². The van der Waals surface area contributed by atoms with Gasteiger partial charge in [0.1, 0.15) is 0 Å². The van der Waals surface area contributed by atoms with Crippen molar-refractivity contribution in [2.75, 3.05) is 13.3 Å². The molecule has 5 nitrogen and oxygen atoms in total. The number of carbonyl (C=O) groups is 1. The molecule has 0 aromatic heterocycles. The van der Waals surface area contributed by atoms with Crippen LogP contribution in [0.5, 0.6) is 11.5 Å². The molecular weight excluding hydrogens is 268 g/mol. The summed E-state index contributed by atoms with van der Waals surface area (Å²) in [5.41, 5.74) is 7.03. The fourth-order valence-electron chi connectivity index (χ4n) is 2.20. The van der Waals surface area contributed by atoms with E-state index in [0.29, 0.717) is 25.4 Å². The van der Waals surface area contributed by atoms with E-state index in [4.69, 9.17) is 15.2 Å². The van der Waals surface area contributed by atoms with Crippen molar-refractivity contribution in [3.8, 4) is 11.5 Å². The monoisotopic (exact) mass is 292 g/mol. The molecule has 0 saturated carbocycles. The highest BCUT2D eigenvalue weighted by molar-refractivity contribution is 5.76. The predicted octanol–water partition coefficient (Wildman–Crippen LogP) is 2.14. The van der Waals surface area contributed by atoms with Gasteiger partial charge in [0.15, 0.2) is 11.5 Å². The minimum atomic E-state index is -0.0942. The molecule has 1 aliphatic rings. The SMILES string of the molecule is CCN(Cc1ccc2c(c1)OCO2)C(=O)CC(N)C(C)C. The van der Waals surface area contributed by atoms with Gasteiger partial charge in [0.05, 0.1) is 0 Å². The normalized spacial score (nSPS) is 14.3. The molecule has 1 atom stereocenters. The molecule has 0 fully saturated rings. The van der Waals surface area contributed by atoms with Gasteiger partial charge in [-0.15, -0.1) is 0 Å². The minimum absolute atomic E-state index is 0.0939. The summed E-state index contributed by atoms with van der Waals surface area (Å²) in [6.45, 7) is 7.54. The Morgan fingerprint density at radius 2 is 2.05 bits per heavy atom. The molecule has 21 heavy (non-hydrogen) atoms. The lowest BCUT2D eigenvalue weighted by Crippen LogP contribution is -2.37. The highest BCUT2D eigenvalue weighted by Gasteiger charge is 2.19. The summed E-state index contributed by atoms with van der Waals surface area (Å²) in [5.74, 6) is 1.90. The zero-order valence-corrected chi connectivity index (χ0v) is 13.0. The molecule has 1 aromatic rings. The van der Waals surface area contributed by atoms with Crippen molar-refractivity contribution in [1.29, 1.82) is 0 Å². The fraction of sp³-hybridized carbons (Fsp3) is 0.562. The number of nitrogens with zero attached hydrogens (tertiary/aromatic N) is 1. The molecule has 2 rings (SSSR count). The van der Waals surface area contributed by atoms with E-state index in [2.05, 4.69) is 0 Å². The topological polar surface area (TPSA) is 64.8 Å². The smallest absolute Gasteiger partial charge is 0.231 e. The summed E-state index contributed by atoms with van der Waals surface area (Å²) in [7, 11) is 0. The molecule has 1 amide bonds. The average molecular weight is 292 g/mol. The van der Waals surface area contributed by atoms with Gasteiger partial charge in [0.2, 0.25) is 12.7 Å². The van der Waals surface area contributed by atoms with Gasteiger partial charge in [0, 0.05) is 25.6 Å². The van der Waals surface area contributed by atoms with E-state index in [9.17, 15) is 4.79 Å². The standard InChI is InChI=1S/C16H24N2O3/c1-4-18(16(19)8-13(17)11(2)3)9-12-5-6-14-15(7-12)21-10-20-14/h5-7,11,13H,4,8-10,17H2,1-3H3. The van der Waals surface area contributed by atoms with Crippen molar-refractivity contribution in [2.24, 2.45) is 11.7 Å². The Hall–Kier alpha value is -1.75. The second kappa shape index (κ2) is 6.80. The van der Waals surface area contributed by atoms with Gasteiger partial charge in [-0.05, 0) is 30.5 Å². The molecule has 0 spiro atoms. The van der Waals surface area contributed by atoms with Gasteiger partial charge in [-0.3, -0.25) is 4.79 Å². The van der Waals surface area contributed by atoms with Crippen molar-refractivity contribution in [1.82, 2.24) is 4.90 Å². The Morgan fingerprint density at radius 3 is 2.71 bits per heavy atom. The minimum Gasteiger partial charge on any atom is -0.454 e. The summed E-state index contributed by atoms with van der Waals surface area (Å²) >= 11 is 0.